The minimum absolute atomic E-state index is 0.0518. The van der Waals surface area contributed by atoms with Gasteiger partial charge in [0.15, 0.2) is 0 Å². The number of hydrogen-bond acceptors (Lipinski definition) is 3. The van der Waals surface area contributed by atoms with Gasteiger partial charge in [-0.05, 0) is 45.4 Å². The quantitative estimate of drug-likeness (QED) is 0.940. The fourth-order valence-electron chi connectivity index (χ4n) is 2.30. The van der Waals surface area contributed by atoms with Crippen molar-refractivity contribution >= 4 is 16.8 Å². The minimum atomic E-state index is -0.404. The van der Waals surface area contributed by atoms with Gasteiger partial charge in [0.25, 0.3) is 5.91 Å². The van der Waals surface area contributed by atoms with Crippen LogP contribution in [0.1, 0.15) is 35.0 Å². The Balaban J connectivity index is 2.32. The maximum atomic E-state index is 12.5. The van der Waals surface area contributed by atoms with E-state index in [4.69, 9.17) is 0 Å². The molecule has 0 fully saturated rings. The van der Waals surface area contributed by atoms with Gasteiger partial charge in [-0.3, -0.25) is 9.78 Å². The summed E-state index contributed by atoms with van der Waals surface area (Å²) in [4.78, 5) is 18.7. The maximum Gasteiger partial charge on any atom is 0.255 e. The Morgan fingerprint density at radius 1 is 1.33 bits per heavy atom. The number of fused-ring (bicyclic) bond motifs is 1. The van der Waals surface area contributed by atoms with Crippen LogP contribution in [0.15, 0.2) is 24.3 Å². The molecule has 1 amide bonds. The van der Waals surface area contributed by atoms with Crippen LogP contribution in [-0.2, 0) is 0 Å². The van der Waals surface area contributed by atoms with Crippen molar-refractivity contribution < 1.29 is 9.90 Å². The molecule has 21 heavy (non-hydrogen) atoms. The van der Waals surface area contributed by atoms with Gasteiger partial charge in [-0.25, -0.2) is 0 Å². The molecule has 0 aliphatic rings. The van der Waals surface area contributed by atoms with Crippen molar-refractivity contribution in [3.63, 3.8) is 0 Å². The van der Waals surface area contributed by atoms with Crippen molar-refractivity contribution in [1.29, 1.82) is 0 Å². The largest absolute Gasteiger partial charge is 0.393 e. The number of aromatic nitrogens is 1. The molecule has 1 unspecified atom stereocenters. The molecule has 1 atom stereocenters. The van der Waals surface area contributed by atoms with Crippen molar-refractivity contribution in [1.82, 2.24) is 9.88 Å². The predicted molar refractivity (Wildman–Crippen MR) is 84.5 cm³/mol. The number of amides is 1. The van der Waals surface area contributed by atoms with E-state index in [9.17, 15) is 9.90 Å². The predicted octanol–water partition coefficient (Wildman–Crippen LogP) is 2.69. The molecular formula is C17H22N2O2. The highest BCUT2D eigenvalue weighted by Crippen LogP contribution is 2.19. The Hall–Kier alpha value is -1.94. The number of aliphatic hydroxyl groups excluding tert-OH is 1. The van der Waals surface area contributed by atoms with Crippen LogP contribution in [0.4, 0.5) is 0 Å². The Morgan fingerprint density at radius 2 is 2.05 bits per heavy atom. The van der Waals surface area contributed by atoms with Crippen LogP contribution in [0.5, 0.6) is 0 Å². The summed E-state index contributed by atoms with van der Waals surface area (Å²) in [6, 6.07) is 7.94. The topological polar surface area (TPSA) is 53.4 Å². The van der Waals surface area contributed by atoms with Crippen LogP contribution in [0, 0.1) is 13.8 Å². The Kier molecular flexibility index (Phi) is 4.58. The lowest BCUT2D eigenvalue weighted by atomic mass is 10.1. The van der Waals surface area contributed by atoms with Gasteiger partial charge in [-0.2, -0.15) is 0 Å². The summed E-state index contributed by atoms with van der Waals surface area (Å²) in [7, 11) is 1.75. The van der Waals surface area contributed by atoms with E-state index in [1.807, 2.05) is 38.1 Å². The molecule has 0 aliphatic heterocycles. The molecule has 4 heteroatoms. The van der Waals surface area contributed by atoms with Gasteiger partial charge in [-0.15, -0.1) is 0 Å². The van der Waals surface area contributed by atoms with Crippen LogP contribution >= 0.6 is 0 Å². The van der Waals surface area contributed by atoms with Gasteiger partial charge in [-0.1, -0.05) is 11.6 Å². The van der Waals surface area contributed by atoms with Gasteiger partial charge < -0.3 is 10.0 Å². The van der Waals surface area contributed by atoms with E-state index in [1.165, 1.54) is 0 Å². The zero-order valence-electron chi connectivity index (χ0n) is 13.1. The molecule has 1 heterocycles. The van der Waals surface area contributed by atoms with E-state index in [2.05, 4.69) is 4.98 Å². The smallest absolute Gasteiger partial charge is 0.255 e. The van der Waals surface area contributed by atoms with Gasteiger partial charge >= 0.3 is 0 Å². The number of carbonyl (C=O) groups is 1. The molecule has 0 spiro atoms. The second kappa shape index (κ2) is 6.22. The van der Waals surface area contributed by atoms with Crippen molar-refractivity contribution in [2.75, 3.05) is 13.6 Å². The van der Waals surface area contributed by atoms with E-state index in [0.717, 1.165) is 22.2 Å². The molecular weight excluding hydrogens is 264 g/mol. The van der Waals surface area contributed by atoms with E-state index in [0.29, 0.717) is 18.5 Å². The summed E-state index contributed by atoms with van der Waals surface area (Å²) in [5, 5.41) is 10.3. The van der Waals surface area contributed by atoms with Gasteiger partial charge in [0.2, 0.25) is 0 Å². The third-order valence-electron chi connectivity index (χ3n) is 3.62. The normalized spacial score (nSPS) is 12.4. The molecule has 1 aromatic carbocycles. The molecule has 2 aromatic rings. The van der Waals surface area contributed by atoms with Crippen LogP contribution in [0.25, 0.3) is 10.9 Å². The second-order valence-electron chi connectivity index (χ2n) is 5.68. The molecule has 2 rings (SSSR count). The Labute approximate surface area is 125 Å². The van der Waals surface area contributed by atoms with Gasteiger partial charge in [0.05, 0.1) is 22.9 Å². The molecule has 4 nitrogen and oxygen atoms in total. The molecule has 0 aliphatic carbocycles. The van der Waals surface area contributed by atoms with Crippen molar-refractivity contribution in [3.8, 4) is 0 Å². The number of aliphatic hydroxyl groups is 1. The second-order valence-corrected chi connectivity index (χ2v) is 5.68. The fourth-order valence-corrected chi connectivity index (χ4v) is 2.30. The SMILES string of the molecule is Cc1ccc2nc(C)c(C(=O)N(C)CCC(C)O)cc2c1. The summed E-state index contributed by atoms with van der Waals surface area (Å²) >= 11 is 0. The highest BCUT2D eigenvalue weighted by Gasteiger charge is 2.16. The molecule has 1 aromatic heterocycles. The summed E-state index contributed by atoms with van der Waals surface area (Å²) in [6.45, 7) is 6.14. The molecule has 1 N–H and O–H groups in total. The first-order valence-corrected chi connectivity index (χ1v) is 7.20. The average Bonchev–Trinajstić information content (AvgIpc) is 2.43. The highest BCUT2D eigenvalue weighted by molar-refractivity contribution is 5.98. The van der Waals surface area contributed by atoms with Crippen molar-refractivity contribution in [3.05, 3.63) is 41.1 Å². The van der Waals surface area contributed by atoms with E-state index < -0.39 is 6.10 Å². The first-order valence-electron chi connectivity index (χ1n) is 7.20. The van der Waals surface area contributed by atoms with Crippen LogP contribution in [0.3, 0.4) is 0 Å². The minimum Gasteiger partial charge on any atom is -0.393 e. The van der Waals surface area contributed by atoms with Crippen LogP contribution in [-0.4, -0.2) is 40.6 Å². The molecule has 0 bridgehead atoms. The Bertz CT molecular complexity index is 665. The van der Waals surface area contributed by atoms with Crippen molar-refractivity contribution in [2.45, 2.75) is 33.3 Å². The zero-order chi connectivity index (χ0) is 15.6. The molecule has 0 saturated carbocycles. The first-order chi connectivity index (χ1) is 9.88. The number of nitrogens with zero attached hydrogens (tertiary/aromatic N) is 2. The van der Waals surface area contributed by atoms with Crippen molar-refractivity contribution in [2.24, 2.45) is 0 Å². The molecule has 112 valence electrons. The average molecular weight is 286 g/mol. The number of aryl methyl sites for hydroxylation is 2. The summed E-state index contributed by atoms with van der Waals surface area (Å²) in [5.74, 6) is -0.0518. The maximum absolute atomic E-state index is 12.5. The number of rotatable bonds is 4. The highest BCUT2D eigenvalue weighted by atomic mass is 16.3. The standard InChI is InChI=1S/C17H22N2O2/c1-11-5-6-16-14(9-11)10-15(13(3)18-16)17(21)19(4)8-7-12(2)20/h5-6,9-10,12,20H,7-8H2,1-4H3. The molecule has 0 radical (unpaired) electrons. The van der Waals surface area contributed by atoms with E-state index in [1.54, 1.807) is 18.9 Å². The Morgan fingerprint density at radius 3 is 2.71 bits per heavy atom. The number of pyridine rings is 1. The lowest BCUT2D eigenvalue weighted by Crippen LogP contribution is -2.30. The third kappa shape index (κ3) is 3.58. The number of benzene rings is 1. The lowest BCUT2D eigenvalue weighted by molar-refractivity contribution is 0.0768. The summed E-state index contributed by atoms with van der Waals surface area (Å²) in [6.07, 6.45) is 0.167. The number of carbonyl (C=O) groups excluding carboxylic acids is 1. The summed E-state index contributed by atoms with van der Waals surface area (Å²) < 4.78 is 0. The van der Waals surface area contributed by atoms with E-state index >= 15 is 0 Å². The van der Waals surface area contributed by atoms with E-state index in [-0.39, 0.29) is 5.91 Å². The van der Waals surface area contributed by atoms with Crippen LogP contribution < -0.4 is 0 Å². The lowest BCUT2D eigenvalue weighted by Gasteiger charge is -2.19. The zero-order valence-corrected chi connectivity index (χ0v) is 13.1. The fraction of sp³-hybridized carbons (Fsp3) is 0.412. The first kappa shape index (κ1) is 15.4. The monoisotopic (exact) mass is 286 g/mol. The summed E-state index contributed by atoms with van der Waals surface area (Å²) in [5.41, 5.74) is 3.41. The third-order valence-corrected chi connectivity index (χ3v) is 3.62. The van der Waals surface area contributed by atoms with Gasteiger partial charge in [0.1, 0.15) is 0 Å². The van der Waals surface area contributed by atoms with Gasteiger partial charge in [0, 0.05) is 19.0 Å². The molecule has 0 saturated heterocycles. The van der Waals surface area contributed by atoms with Crippen LogP contribution in [0.2, 0.25) is 0 Å². The number of hydrogen-bond donors (Lipinski definition) is 1.